The fourth-order valence-corrected chi connectivity index (χ4v) is 2.40. The first-order valence-electron chi connectivity index (χ1n) is 6.47. The van der Waals surface area contributed by atoms with Gasteiger partial charge in [-0.2, -0.15) is 0 Å². The second kappa shape index (κ2) is 6.27. The lowest BCUT2D eigenvalue weighted by Gasteiger charge is -2.34. The minimum absolute atomic E-state index is 0.00667. The summed E-state index contributed by atoms with van der Waals surface area (Å²) >= 11 is 0. The average Bonchev–Trinajstić information content (AvgIpc) is 2.39. The third-order valence-corrected chi connectivity index (χ3v) is 3.64. The van der Waals surface area contributed by atoms with Gasteiger partial charge in [0, 0.05) is 38.6 Å². The Balaban J connectivity index is 1.99. The molecule has 3 nitrogen and oxygen atoms in total. The highest BCUT2D eigenvalue weighted by Crippen LogP contribution is 2.20. The van der Waals surface area contributed by atoms with Crippen molar-refractivity contribution in [3.05, 3.63) is 35.6 Å². The van der Waals surface area contributed by atoms with Crippen molar-refractivity contribution in [2.75, 3.05) is 46.4 Å². The number of rotatable bonds is 4. The lowest BCUT2D eigenvalue weighted by molar-refractivity contribution is 0.132. The molecule has 2 rings (SSSR count). The summed E-state index contributed by atoms with van der Waals surface area (Å²) in [4.78, 5) is 4.58. The lowest BCUT2D eigenvalue weighted by Crippen LogP contribution is -2.46. The first-order valence-corrected chi connectivity index (χ1v) is 6.47. The van der Waals surface area contributed by atoms with E-state index in [0.717, 1.165) is 32.7 Å². The molecule has 1 saturated heterocycles. The van der Waals surface area contributed by atoms with Crippen LogP contribution in [-0.2, 0) is 0 Å². The second-order valence-corrected chi connectivity index (χ2v) is 5.00. The monoisotopic (exact) mass is 252 g/mol. The standard InChI is InChI=1S/C14H21FN2O/c1-16-6-8-17(9-7-16)10-12(11-18)13-4-2-3-5-14(13)15/h2-5,12,18H,6-11H2,1H3. The molecule has 0 aromatic heterocycles. The van der Waals surface area contributed by atoms with Crippen molar-refractivity contribution in [1.82, 2.24) is 9.80 Å². The predicted octanol–water partition coefficient (Wildman–Crippen LogP) is 1.15. The highest BCUT2D eigenvalue weighted by molar-refractivity contribution is 5.22. The van der Waals surface area contributed by atoms with E-state index in [1.807, 2.05) is 6.07 Å². The molecule has 4 heteroatoms. The maximum absolute atomic E-state index is 13.7. The fraction of sp³-hybridized carbons (Fsp3) is 0.571. The molecule has 0 bridgehead atoms. The molecule has 0 aliphatic carbocycles. The molecule has 1 fully saturated rings. The highest BCUT2D eigenvalue weighted by Gasteiger charge is 2.20. The number of likely N-dealkylation sites (N-methyl/N-ethyl adjacent to an activating group) is 1. The number of piperazine rings is 1. The van der Waals surface area contributed by atoms with Crippen LogP contribution in [0, 0.1) is 5.82 Å². The maximum atomic E-state index is 13.7. The Hall–Kier alpha value is -0.970. The van der Waals surface area contributed by atoms with Crippen LogP contribution in [0.1, 0.15) is 11.5 Å². The summed E-state index contributed by atoms with van der Waals surface area (Å²) in [5.41, 5.74) is 0.624. The molecule has 1 atom stereocenters. The first kappa shape index (κ1) is 13.5. The van der Waals surface area contributed by atoms with Crippen molar-refractivity contribution in [2.45, 2.75) is 5.92 Å². The molecular weight excluding hydrogens is 231 g/mol. The molecule has 1 aliphatic heterocycles. The Bertz CT molecular complexity index is 378. The van der Waals surface area contributed by atoms with Crippen molar-refractivity contribution in [2.24, 2.45) is 0 Å². The van der Waals surface area contributed by atoms with Crippen LogP contribution in [0.15, 0.2) is 24.3 Å². The van der Waals surface area contributed by atoms with Gasteiger partial charge in [0.25, 0.3) is 0 Å². The first-order chi connectivity index (χ1) is 8.70. The molecule has 100 valence electrons. The number of hydrogen-bond donors (Lipinski definition) is 1. The smallest absolute Gasteiger partial charge is 0.126 e. The van der Waals surface area contributed by atoms with Crippen LogP contribution < -0.4 is 0 Å². The zero-order valence-corrected chi connectivity index (χ0v) is 10.8. The van der Waals surface area contributed by atoms with Gasteiger partial charge in [-0.25, -0.2) is 4.39 Å². The Morgan fingerprint density at radius 3 is 2.50 bits per heavy atom. The van der Waals surface area contributed by atoms with E-state index in [0.29, 0.717) is 5.56 Å². The Morgan fingerprint density at radius 1 is 1.22 bits per heavy atom. The molecule has 1 unspecified atom stereocenters. The second-order valence-electron chi connectivity index (χ2n) is 5.00. The van der Waals surface area contributed by atoms with E-state index < -0.39 is 0 Å². The Kier molecular flexibility index (Phi) is 4.69. The van der Waals surface area contributed by atoms with Gasteiger partial charge in [-0.05, 0) is 18.7 Å². The summed E-state index contributed by atoms with van der Waals surface area (Å²) in [7, 11) is 2.11. The van der Waals surface area contributed by atoms with Crippen LogP contribution in [0.5, 0.6) is 0 Å². The molecule has 1 aromatic rings. The van der Waals surface area contributed by atoms with Gasteiger partial charge in [0.05, 0.1) is 6.61 Å². The van der Waals surface area contributed by atoms with E-state index in [1.54, 1.807) is 12.1 Å². The van der Waals surface area contributed by atoms with Crippen LogP contribution in [0.2, 0.25) is 0 Å². The zero-order valence-electron chi connectivity index (χ0n) is 10.8. The number of hydrogen-bond acceptors (Lipinski definition) is 3. The highest BCUT2D eigenvalue weighted by atomic mass is 19.1. The van der Waals surface area contributed by atoms with Crippen molar-refractivity contribution in [3.8, 4) is 0 Å². The van der Waals surface area contributed by atoms with Crippen LogP contribution >= 0.6 is 0 Å². The van der Waals surface area contributed by atoms with Gasteiger partial charge in [-0.1, -0.05) is 18.2 Å². The van der Waals surface area contributed by atoms with Crippen LogP contribution in [0.4, 0.5) is 4.39 Å². The Morgan fingerprint density at radius 2 is 1.89 bits per heavy atom. The van der Waals surface area contributed by atoms with Gasteiger partial charge < -0.3 is 14.9 Å². The van der Waals surface area contributed by atoms with Crippen molar-refractivity contribution in [3.63, 3.8) is 0 Å². The molecule has 0 radical (unpaired) electrons. The number of aliphatic hydroxyl groups is 1. The van der Waals surface area contributed by atoms with E-state index >= 15 is 0 Å². The summed E-state index contributed by atoms with van der Waals surface area (Å²) < 4.78 is 13.7. The van der Waals surface area contributed by atoms with Gasteiger partial charge in [-0.15, -0.1) is 0 Å². The Labute approximate surface area is 108 Å². The molecule has 18 heavy (non-hydrogen) atoms. The average molecular weight is 252 g/mol. The molecule has 1 heterocycles. The number of halogens is 1. The van der Waals surface area contributed by atoms with Gasteiger partial charge >= 0.3 is 0 Å². The van der Waals surface area contributed by atoms with E-state index in [4.69, 9.17) is 0 Å². The molecule has 1 N–H and O–H groups in total. The molecule has 0 amide bonds. The van der Waals surface area contributed by atoms with Crippen LogP contribution in [0.25, 0.3) is 0 Å². The summed E-state index contributed by atoms with van der Waals surface area (Å²) in [5.74, 6) is -0.347. The SMILES string of the molecule is CN1CCN(CC(CO)c2ccccc2F)CC1. The van der Waals surface area contributed by atoms with E-state index in [2.05, 4.69) is 16.8 Å². The van der Waals surface area contributed by atoms with Gasteiger partial charge in [0.1, 0.15) is 5.82 Å². The van der Waals surface area contributed by atoms with E-state index in [9.17, 15) is 9.50 Å². The van der Waals surface area contributed by atoms with Crippen LogP contribution in [-0.4, -0.2) is 61.3 Å². The molecule has 0 saturated carbocycles. The third-order valence-electron chi connectivity index (χ3n) is 3.64. The summed E-state index contributed by atoms with van der Waals surface area (Å²) in [5, 5.41) is 9.48. The molecular formula is C14H21FN2O. The normalized spacial score (nSPS) is 19.9. The summed E-state index contributed by atoms with van der Waals surface area (Å²) in [6.45, 7) is 4.77. The summed E-state index contributed by atoms with van der Waals surface area (Å²) in [6, 6.07) is 6.74. The largest absolute Gasteiger partial charge is 0.396 e. The number of aliphatic hydroxyl groups excluding tert-OH is 1. The maximum Gasteiger partial charge on any atom is 0.126 e. The number of nitrogens with zero attached hydrogens (tertiary/aromatic N) is 2. The zero-order chi connectivity index (χ0) is 13.0. The predicted molar refractivity (Wildman–Crippen MR) is 70.2 cm³/mol. The molecule has 1 aliphatic rings. The van der Waals surface area contributed by atoms with Gasteiger partial charge in [0.15, 0.2) is 0 Å². The molecule has 1 aromatic carbocycles. The van der Waals surface area contributed by atoms with E-state index in [1.165, 1.54) is 6.07 Å². The minimum Gasteiger partial charge on any atom is -0.396 e. The topological polar surface area (TPSA) is 26.7 Å². The van der Waals surface area contributed by atoms with Gasteiger partial charge in [0.2, 0.25) is 0 Å². The van der Waals surface area contributed by atoms with Crippen LogP contribution in [0.3, 0.4) is 0 Å². The minimum atomic E-state index is -0.217. The summed E-state index contributed by atoms with van der Waals surface area (Å²) in [6.07, 6.45) is 0. The lowest BCUT2D eigenvalue weighted by atomic mass is 9.98. The van der Waals surface area contributed by atoms with Crippen molar-refractivity contribution in [1.29, 1.82) is 0 Å². The number of benzene rings is 1. The van der Waals surface area contributed by atoms with Gasteiger partial charge in [-0.3, -0.25) is 0 Å². The van der Waals surface area contributed by atoms with Crippen molar-refractivity contribution >= 4 is 0 Å². The fourth-order valence-electron chi connectivity index (χ4n) is 2.40. The third kappa shape index (κ3) is 3.28. The molecule has 0 spiro atoms. The quantitative estimate of drug-likeness (QED) is 0.871. The van der Waals surface area contributed by atoms with E-state index in [-0.39, 0.29) is 18.3 Å². The van der Waals surface area contributed by atoms with Crippen molar-refractivity contribution < 1.29 is 9.50 Å².